The quantitative estimate of drug-likeness (QED) is 0.644. The van der Waals surface area contributed by atoms with Crippen molar-refractivity contribution in [1.82, 2.24) is 4.98 Å². The van der Waals surface area contributed by atoms with E-state index in [4.69, 9.17) is 23.2 Å². The van der Waals surface area contributed by atoms with Gasteiger partial charge in [0.2, 0.25) is 5.91 Å². The Morgan fingerprint density at radius 3 is 2.54 bits per heavy atom. The Labute approximate surface area is 147 Å². The number of aromatic amines is 1. The van der Waals surface area contributed by atoms with Crippen molar-refractivity contribution < 1.29 is 14.7 Å². The topological polar surface area (TPSA) is 82.2 Å². The Morgan fingerprint density at radius 2 is 1.83 bits per heavy atom. The van der Waals surface area contributed by atoms with Gasteiger partial charge in [0, 0.05) is 32.2 Å². The number of hydrogen-bond donors (Lipinski definition) is 3. The van der Waals surface area contributed by atoms with Gasteiger partial charge < -0.3 is 15.4 Å². The molecule has 2 aromatic carbocycles. The molecule has 0 unspecified atom stereocenters. The molecule has 24 heavy (non-hydrogen) atoms. The third-order valence-electron chi connectivity index (χ3n) is 3.53. The first-order valence-corrected chi connectivity index (χ1v) is 7.78. The molecule has 1 aromatic heterocycles. The number of aromatic nitrogens is 1. The number of H-pyrrole nitrogens is 1. The minimum Gasteiger partial charge on any atom is -0.477 e. The molecule has 3 N–H and O–H groups in total. The van der Waals surface area contributed by atoms with E-state index in [0.29, 0.717) is 32.2 Å². The average molecular weight is 363 g/mol. The molecule has 0 radical (unpaired) electrons. The zero-order chi connectivity index (χ0) is 17.3. The molecule has 0 atom stereocenters. The van der Waals surface area contributed by atoms with Gasteiger partial charge in [0.15, 0.2) is 0 Å². The fourth-order valence-corrected chi connectivity index (χ4v) is 2.88. The minimum absolute atomic E-state index is 0.0199. The van der Waals surface area contributed by atoms with Gasteiger partial charge in [-0.3, -0.25) is 4.79 Å². The highest BCUT2D eigenvalue weighted by Gasteiger charge is 2.19. The summed E-state index contributed by atoms with van der Waals surface area (Å²) in [5.41, 5.74) is 1.53. The Bertz CT molecular complexity index is 950. The average Bonchev–Trinajstić information content (AvgIpc) is 2.85. The summed E-state index contributed by atoms with van der Waals surface area (Å²) in [6.45, 7) is 0. The zero-order valence-electron chi connectivity index (χ0n) is 12.3. The van der Waals surface area contributed by atoms with Crippen molar-refractivity contribution in [2.24, 2.45) is 0 Å². The largest absolute Gasteiger partial charge is 0.477 e. The van der Waals surface area contributed by atoms with Crippen molar-refractivity contribution in [3.05, 3.63) is 63.8 Å². The van der Waals surface area contributed by atoms with Crippen LogP contribution in [0.15, 0.2) is 42.5 Å². The van der Waals surface area contributed by atoms with Crippen LogP contribution in [0, 0.1) is 0 Å². The fourth-order valence-electron chi connectivity index (χ4n) is 2.52. The van der Waals surface area contributed by atoms with Gasteiger partial charge >= 0.3 is 5.97 Å². The van der Waals surface area contributed by atoms with Crippen LogP contribution in [0.3, 0.4) is 0 Å². The molecule has 0 saturated carbocycles. The second kappa shape index (κ2) is 6.55. The molecule has 0 spiro atoms. The smallest absolute Gasteiger partial charge is 0.352 e. The number of amides is 1. The molecular weight excluding hydrogens is 351 g/mol. The molecule has 0 fully saturated rings. The second-order valence-electron chi connectivity index (χ2n) is 5.21. The predicted molar refractivity (Wildman–Crippen MR) is 94.1 cm³/mol. The molecule has 0 saturated heterocycles. The highest BCUT2D eigenvalue weighted by molar-refractivity contribution is 6.31. The summed E-state index contributed by atoms with van der Waals surface area (Å²) in [5, 5.41) is 13.6. The normalized spacial score (nSPS) is 10.8. The van der Waals surface area contributed by atoms with E-state index in [1.165, 1.54) is 0 Å². The molecule has 0 aliphatic heterocycles. The molecule has 0 aliphatic rings. The molecule has 0 aliphatic carbocycles. The summed E-state index contributed by atoms with van der Waals surface area (Å²) in [5.74, 6) is -1.48. The lowest BCUT2D eigenvalue weighted by molar-refractivity contribution is -0.115. The molecule has 3 rings (SSSR count). The van der Waals surface area contributed by atoms with Gasteiger partial charge in [-0.15, -0.1) is 0 Å². The molecule has 1 heterocycles. The van der Waals surface area contributed by atoms with Crippen LogP contribution in [0.1, 0.15) is 16.1 Å². The van der Waals surface area contributed by atoms with Crippen molar-refractivity contribution in [3.63, 3.8) is 0 Å². The molecule has 122 valence electrons. The standard InChI is InChI=1S/C17H12Cl2N2O3/c18-9-2-1-3-11(6-9)20-15(22)8-13-12-7-10(19)4-5-14(12)21-16(13)17(23)24/h1-7,21H,8H2,(H,20,22)(H,23,24). The van der Waals surface area contributed by atoms with E-state index in [1.807, 2.05) is 0 Å². The fraction of sp³-hybridized carbons (Fsp3) is 0.0588. The van der Waals surface area contributed by atoms with Crippen molar-refractivity contribution >= 4 is 51.7 Å². The summed E-state index contributed by atoms with van der Waals surface area (Å²) in [4.78, 5) is 26.6. The van der Waals surface area contributed by atoms with Crippen molar-refractivity contribution in [2.75, 3.05) is 5.32 Å². The highest BCUT2D eigenvalue weighted by atomic mass is 35.5. The van der Waals surface area contributed by atoms with Crippen molar-refractivity contribution in [3.8, 4) is 0 Å². The Hall–Kier alpha value is -2.50. The maximum Gasteiger partial charge on any atom is 0.352 e. The third-order valence-corrected chi connectivity index (χ3v) is 4.00. The monoisotopic (exact) mass is 362 g/mol. The van der Waals surface area contributed by atoms with Crippen LogP contribution in [0.25, 0.3) is 10.9 Å². The van der Waals surface area contributed by atoms with Gasteiger partial charge in [-0.05, 0) is 36.4 Å². The second-order valence-corrected chi connectivity index (χ2v) is 6.08. The van der Waals surface area contributed by atoms with Crippen LogP contribution < -0.4 is 5.32 Å². The maximum absolute atomic E-state index is 12.3. The summed E-state index contributed by atoms with van der Waals surface area (Å²) in [6, 6.07) is 11.7. The number of carboxylic acid groups (broad SMARTS) is 1. The van der Waals surface area contributed by atoms with Crippen LogP contribution in [0.4, 0.5) is 5.69 Å². The van der Waals surface area contributed by atoms with Gasteiger partial charge in [0.1, 0.15) is 5.69 Å². The Balaban J connectivity index is 1.93. The highest BCUT2D eigenvalue weighted by Crippen LogP contribution is 2.26. The predicted octanol–water partition coefficient (Wildman–Crippen LogP) is 4.35. The number of nitrogens with one attached hydrogen (secondary N) is 2. The lowest BCUT2D eigenvalue weighted by Gasteiger charge is -2.06. The van der Waals surface area contributed by atoms with Crippen LogP contribution in [-0.4, -0.2) is 22.0 Å². The number of carboxylic acids is 1. The summed E-state index contributed by atoms with van der Waals surface area (Å²) in [6.07, 6.45) is -0.103. The molecule has 1 amide bonds. The van der Waals surface area contributed by atoms with Crippen LogP contribution in [0.5, 0.6) is 0 Å². The first-order valence-electron chi connectivity index (χ1n) is 7.03. The Morgan fingerprint density at radius 1 is 1.08 bits per heavy atom. The number of fused-ring (bicyclic) bond motifs is 1. The van der Waals surface area contributed by atoms with Gasteiger partial charge in [0.05, 0.1) is 6.42 Å². The summed E-state index contributed by atoms with van der Waals surface area (Å²) < 4.78 is 0. The molecule has 5 nitrogen and oxygen atoms in total. The molecule has 3 aromatic rings. The number of carbonyl (C=O) groups is 2. The van der Waals surface area contributed by atoms with Gasteiger partial charge in [-0.2, -0.15) is 0 Å². The van der Waals surface area contributed by atoms with E-state index in [1.54, 1.807) is 42.5 Å². The number of hydrogen-bond acceptors (Lipinski definition) is 2. The number of benzene rings is 2. The van der Waals surface area contributed by atoms with Crippen molar-refractivity contribution in [1.29, 1.82) is 0 Å². The van der Waals surface area contributed by atoms with Crippen LogP contribution in [0.2, 0.25) is 10.0 Å². The number of anilines is 1. The van der Waals surface area contributed by atoms with E-state index in [9.17, 15) is 14.7 Å². The molecule has 0 bridgehead atoms. The first kappa shape index (κ1) is 16.4. The first-order chi connectivity index (χ1) is 11.4. The lowest BCUT2D eigenvalue weighted by Crippen LogP contribution is -2.16. The van der Waals surface area contributed by atoms with E-state index < -0.39 is 5.97 Å². The van der Waals surface area contributed by atoms with E-state index in [2.05, 4.69) is 10.3 Å². The minimum atomic E-state index is -1.13. The zero-order valence-corrected chi connectivity index (χ0v) is 13.8. The van der Waals surface area contributed by atoms with Crippen molar-refractivity contribution in [2.45, 2.75) is 6.42 Å². The van der Waals surface area contributed by atoms with Gasteiger partial charge in [0.25, 0.3) is 0 Å². The molecule has 7 heteroatoms. The van der Waals surface area contributed by atoms with E-state index in [-0.39, 0.29) is 18.0 Å². The molecular formula is C17H12Cl2N2O3. The van der Waals surface area contributed by atoms with Crippen LogP contribution in [-0.2, 0) is 11.2 Å². The van der Waals surface area contributed by atoms with Crippen LogP contribution >= 0.6 is 23.2 Å². The lowest BCUT2D eigenvalue weighted by atomic mass is 10.1. The maximum atomic E-state index is 12.3. The summed E-state index contributed by atoms with van der Waals surface area (Å²) >= 11 is 11.9. The van der Waals surface area contributed by atoms with E-state index in [0.717, 1.165) is 0 Å². The van der Waals surface area contributed by atoms with E-state index >= 15 is 0 Å². The third kappa shape index (κ3) is 3.37. The Kier molecular flexibility index (Phi) is 4.46. The number of carbonyl (C=O) groups excluding carboxylic acids is 1. The van der Waals surface area contributed by atoms with Gasteiger partial charge in [-0.25, -0.2) is 4.79 Å². The van der Waals surface area contributed by atoms with Gasteiger partial charge in [-0.1, -0.05) is 29.3 Å². The SMILES string of the molecule is O=C(Cc1c(C(=O)O)[nH]c2ccc(Cl)cc12)Nc1cccc(Cl)c1. The number of rotatable bonds is 4. The number of halogens is 2. The summed E-state index contributed by atoms with van der Waals surface area (Å²) in [7, 11) is 0. The number of aromatic carboxylic acids is 1.